The average Bonchev–Trinajstić information content (AvgIpc) is 2.25. The molecule has 1 amide bonds. The Morgan fingerprint density at radius 2 is 2.38 bits per heavy atom. The Bertz CT molecular complexity index is 383. The number of amides is 1. The molecule has 1 atom stereocenters. The lowest BCUT2D eigenvalue weighted by Gasteiger charge is -2.13. The normalized spacial score (nSPS) is 12.2. The standard InChI is InChI=1S/C10H12ClFN2O2/c1-16-9(5-13)10(15)14-6-2-3-8(12)7(11)4-6/h2-4,9H,5,13H2,1H3,(H,14,15). The molecule has 0 aliphatic rings. The van der Waals surface area contributed by atoms with Crippen molar-refractivity contribution in [2.75, 3.05) is 19.0 Å². The molecule has 1 rings (SSSR count). The highest BCUT2D eigenvalue weighted by Crippen LogP contribution is 2.19. The van der Waals surface area contributed by atoms with Gasteiger partial charge in [0, 0.05) is 19.3 Å². The van der Waals surface area contributed by atoms with Crippen molar-refractivity contribution in [2.45, 2.75) is 6.10 Å². The van der Waals surface area contributed by atoms with Crippen molar-refractivity contribution in [2.24, 2.45) is 5.73 Å². The molecule has 0 spiro atoms. The maximum Gasteiger partial charge on any atom is 0.254 e. The van der Waals surface area contributed by atoms with Crippen LogP contribution in [0.2, 0.25) is 5.02 Å². The zero-order valence-corrected chi connectivity index (χ0v) is 9.42. The van der Waals surface area contributed by atoms with Crippen LogP contribution in [-0.4, -0.2) is 25.7 Å². The van der Waals surface area contributed by atoms with Gasteiger partial charge >= 0.3 is 0 Å². The molecular weight excluding hydrogens is 235 g/mol. The summed E-state index contributed by atoms with van der Waals surface area (Å²) in [5, 5.41) is 2.46. The van der Waals surface area contributed by atoms with Crippen LogP contribution in [-0.2, 0) is 9.53 Å². The number of hydrogen-bond acceptors (Lipinski definition) is 3. The molecule has 88 valence electrons. The van der Waals surface area contributed by atoms with E-state index in [0.29, 0.717) is 5.69 Å². The summed E-state index contributed by atoms with van der Waals surface area (Å²) in [6.45, 7) is 0.0667. The number of nitrogens with two attached hydrogens (primary N) is 1. The van der Waals surface area contributed by atoms with Gasteiger partial charge in [0.2, 0.25) is 0 Å². The van der Waals surface area contributed by atoms with Crippen LogP contribution in [0.15, 0.2) is 18.2 Å². The van der Waals surface area contributed by atoms with Crippen molar-refractivity contribution in [1.82, 2.24) is 0 Å². The molecule has 0 aliphatic heterocycles. The second-order valence-electron chi connectivity index (χ2n) is 3.08. The van der Waals surface area contributed by atoms with Gasteiger partial charge in [0.05, 0.1) is 5.02 Å². The molecule has 0 heterocycles. The van der Waals surface area contributed by atoms with Crippen molar-refractivity contribution in [3.63, 3.8) is 0 Å². The largest absolute Gasteiger partial charge is 0.370 e. The van der Waals surface area contributed by atoms with Crippen LogP contribution in [0.1, 0.15) is 0 Å². The van der Waals surface area contributed by atoms with E-state index in [1.807, 2.05) is 0 Å². The number of methoxy groups -OCH3 is 1. The van der Waals surface area contributed by atoms with Crippen LogP contribution in [0.4, 0.5) is 10.1 Å². The number of carbonyl (C=O) groups is 1. The van der Waals surface area contributed by atoms with Crippen LogP contribution < -0.4 is 11.1 Å². The Balaban J connectivity index is 2.73. The number of rotatable bonds is 4. The Morgan fingerprint density at radius 1 is 1.69 bits per heavy atom. The van der Waals surface area contributed by atoms with Gasteiger partial charge in [0.25, 0.3) is 5.91 Å². The molecule has 0 saturated carbocycles. The van der Waals surface area contributed by atoms with E-state index >= 15 is 0 Å². The molecule has 0 bridgehead atoms. The molecule has 1 unspecified atom stereocenters. The van der Waals surface area contributed by atoms with E-state index < -0.39 is 17.8 Å². The number of ether oxygens (including phenoxy) is 1. The first-order chi connectivity index (χ1) is 7.58. The number of anilines is 1. The van der Waals surface area contributed by atoms with Crippen LogP contribution in [0, 0.1) is 5.82 Å². The fourth-order valence-corrected chi connectivity index (χ4v) is 1.29. The average molecular weight is 247 g/mol. The van der Waals surface area contributed by atoms with Gasteiger partial charge in [-0.1, -0.05) is 11.6 Å². The SMILES string of the molecule is COC(CN)C(=O)Nc1ccc(F)c(Cl)c1. The van der Waals surface area contributed by atoms with Crippen molar-refractivity contribution in [3.05, 3.63) is 29.0 Å². The van der Waals surface area contributed by atoms with Gasteiger partial charge in [-0.05, 0) is 18.2 Å². The van der Waals surface area contributed by atoms with E-state index in [2.05, 4.69) is 5.32 Å². The Kier molecular flexibility index (Phi) is 4.67. The van der Waals surface area contributed by atoms with Gasteiger partial charge in [0.15, 0.2) is 0 Å². The van der Waals surface area contributed by atoms with Crippen molar-refractivity contribution < 1.29 is 13.9 Å². The number of hydrogen-bond donors (Lipinski definition) is 2. The lowest BCUT2D eigenvalue weighted by Crippen LogP contribution is -2.35. The Labute approximate surface area is 97.5 Å². The maximum atomic E-state index is 12.8. The zero-order valence-electron chi connectivity index (χ0n) is 8.67. The summed E-state index contributed by atoms with van der Waals surface area (Å²) in [5.41, 5.74) is 5.72. The lowest BCUT2D eigenvalue weighted by molar-refractivity contribution is -0.125. The third kappa shape index (κ3) is 3.16. The Hall–Kier alpha value is -1.17. The third-order valence-corrected chi connectivity index (χ3v) is 2.27. The predicted molar refractivity (Wildman–Crippen MR) is 59.9 cm³/mol. The van der Waals surface area contributed by atoms with Gasteiger partial charge in [-0.25, -0.2) is 4.39 Å². The highest BCUT2D eigenvalue weighted by molar-refractivity contribution is 6.31. The minimum atomic E-state index is -0.733. The molecule has 6 heteroatoms. The number of carbonyl (C=O) groups excluding carboxylic acids is 1. The van der Waals surface area contributed by atoms with Gasteiger partial charge in [-0.3, -0.25) is 4.79 Å². The van der Waals surface area contributed by atoms with E-state index in [1.165, 1.54) is 25.3 Å². The van der Waals surface area contributed by atoms with Gasteiger partial charge in [0.1, 0.15) is 11.9 Å². The molecule has 1 aromatic rings. The summed E-state index contributed by atoms with van der Waals surface area (Å²) in [5.74, 6) is -0.936. The second kappa shape index (κ2) is 5.79. The zero-order chi connectivity index (χ0) is 12.1. The quantitative estimate of drug-likeness (QED) is 0.844. The van der Waals surface area contributed by atoms with Crippen LogP contribution >= 0.6 is 11.6 Å². The minimum Gasteiger partial charge on any atom is -0.370 e. The van der Waals surface area contributed by atoms with Crippen LogP contribution in [0.3, 0.4) is 0 Å². The van der Waals surface area contributed by atoms with E-state index in [1.54, 1.807) is 0 Å². The monoisotopic (exact) mass is 246 g/mol. The summed E-state index contributed by atoms with van der Waals surface area (Å²) in [7, 11) is 1.38. The molecule has 0 saturated heterocycles. The third-order valence-electron chi connectivity index (χ3n) is 1.98. The van der Waals surface area contributed by atoms with Crippen molar-refractivity contribution >= 4 is 23.2 Å². The predicted octanol–water partition coefficient (Wildman–Crippen LogP) is 1.39. The van der Waals surface area contributed by atoms with Crippen LogP contribution in [0.25, 0.3) is 0 Å². The van der Waals surface area contributed by atoms with Gasteiger partial charge in [-0.15, -0.1) is 0 Å². The van der Waals surface area contributed by atoms with Crippen molar-refractivity contribution in [3.8, 4) is 0 Å². The molecular formula is C10H12ClFN2O2. The van der Waals surface area contributed by atoms with E-state index in [4.69, 9.17) is 22.1 Å². The molecule has 1 aromatic carbocycles. The fourth-order valence-electron chi connectivity index (χ4n) is 1.11. The molecule has 0 radical (unpaired) electrons. The highest BCUT2D eigenvalue weighted by atomic mass is 35.5. The van der Waals surface area contributed by atoms with Gasteiger partial charge < -0.3 is 15.8 Å². The Morgan fingerprint density at radius 3 is 2.88 bits per heavy atom. The molecule has 4 nitrogen and oxygen atoms in total. The topological polar surface area (TPSA) is 64.3 Å². The minimum absolute atomic E-state index is 0.0560. The molecule has 0 aromatic heterocycles. The highest BCUT2D eigenvalue weighted by Gasteiger charge is 2.15. The maximum absolute atomic E-state index is 12.8. The smallest absolute Gasteiger partial charge is 0.254 e. The number of halogens is 2. The van der Waals surface area contributed by atoms with Gasteiger partial charge in [-0.2, -0.15) is 0 Å². The number of nitrogens with one attached hydrogen (secondary N) is 1. The fraction of sp³-hybridized carbons (Fsp3) is 0.300. The molecule has 0 aliphatic carbocycles. The summed E-state index contributed by atoms with van der Waals surface area (Å²) in [4.78, 5) is 11.5. The summed E-state index contributed by atoms with van der Waals surface area (Å²) < 4.78 is 17.7. The van der Waals surface area contributed by atoms with Crippen LogP contribution in [0.5, 0.6) is 0 Å². The first kappa shape index (κ1) is 12.9. The summed E-state index contributed by atoms with van der Waals surface area (Å²) in [6, 6.07) is 3.89. The molecule has 3 N–H and O–H groups in total. The summed E-state index contributed by atoms with van der Waals surface area (Å²) in [6.07, 6.45) is -0.733. The van der Waals surface area contributed by atoms with E-state index in [9.17, 15) is 9.18 Å². The summed E-state index contributed by atoms with van der Waals surface area (Å²) >= 11 is 5.56. The molecule has 0 fully saturated rings. The lowest BCUT2D eigenvalue weighted by atomic mass is 10.2. The first-order valence-electron chi connectivity index (χ1n) is 4.57. The van der Waals surface area contributed by atoms with E-state index in [0.717, 1.165) is 0 Å². The number of benzene rings is 1. The molecule has 16 heavy (non-hydrogen) atoms. The van der Waals surface area contributed by atoms with E-state index in [-0.39, 0.29) is 11.6 Å². The van der Waals surface area contributed by atoms with Crippen molar-refractivity contribution in [1.29, 1.82) is 0 Å². The first-order valence-corrected chi connectivity index (χ1v) is 4.95. The second-order valence-corrected chi connectivity index (χ2v) is 3.49.